The second-order valence-corrected chi connectivity index (χ2v) is 8.63. The van der Waals surface area contributed by atoms with E-state index in [0.717, 1.165) is 15.7 Å². The van der Waals surface area contributed by atoms with E-state index in [0.29, 0.717) is 46.7 Å². The minimum absolute atomic E-state index is 0.249. The minimum atomic E-state index is -0.451. The Morgan fingerprint density at radius 2 is 1.69 bits per heavy atom. The zero-order valence-corrected chi connectivity index (χ0v) is 21.5. The number of imidazole rings is 1. The number of benzene rings is 2. The number of hydrogen-bond donors (Lipinski definition) is 1. The van der Waals surface area contributed by atoms with Crippen LogP contribution in [0.25, 0.3) is 11.2 Å². The van der Waals surface area contributed by atoms with Gasteiger partial charge >= 0.3 is 5.69 Å². The van der Waals surface area contributed by atoms with Crippen LogP contribution in [-0.2, 0) is 27.1 Å². The first kappa shape index (κ1) is 25.2. The second-order valence-electron chi connectivity index (χ2n) is 8.22. The molecule has 0 aliphatic rings. The summed E-state index contributed by atoms with van der Waals surface area (Å²) in [6.45, 7) is 0.761. The number of aryl methyl sites for hydroxylation is 1. The van der Waals surface area contributed by atoms with Crippen molar-refractivity contribution in [2.24, 2.45) is 14.1 Å². The SMILES string of the molecule is COc1ccc(Cl)c(Cn2c(NCCc3ccc(OC)c(OC)c3)nc3c2c(=O)n(C)c(=O)n3C)c1. The molecule has 0 saturated carbocycles. The van der Waals surface area contributed by atoms with Crippen molar-refractivity contribution in [1.82, 2.24) is 18.7 Å². The maximum atomic E-state index is 13.1. The number of fused-ring (bicyclic) bond motifs is 1. The van der Waals surface area contributed by atoms with Gasteiger partial charge in [0.2, 0.25) is 5.95 Å². The van der Waals surface area contributed by atoms with Gasteiger partial charge in [-0.1, -0.05) is 17.7 Å². The first-order valence-corrected chi connectivity index (χ1v) is 11.6. The van der Waals surface area contributed by atoms with Gasteiger partial charge in [-0.05, 0) is 47.9 Å². The Bertz CT molecular complexity index is 1540. The van der Waals surface area contributed by atoms with Gasteiger partial charge in [0.25, 0.3) is 5.56 Å². The molecular weight excluding hydrogens is 486 g/mol. The van der Waals surface area contributed by atoms with Crippen LogP contribution in [0.4, 0.5) is 5.95 Å². The lowest BCUT2D eigenvalue weighted by Crippen LogP contribution is -2.37. The fourth-order valence-corrected chi connectivity index (χ4v) is 4.24. The molecule has 0 bridgehead atoms. The lowest BCUT2D eigenvalue weighted by Gasteiger charge is -2.13. The molecular formula is C25H28ClN5O5. The fraction of sp³-hybridized carbons (Fsp3) is 0.320. The third kappa shape index (κ3) is 4.64. The van der Waals surface area contributed by atoms with Crippen LogP contribution in [0.3, 0.4) is 0 Å². The molecule has 0 unspecified atom stereocenters. The Balaban J connectivity index is 1.73. The maximum Gasteiger partial charge on any atom is 0.332 e. The second kappa shape index (κ2) is 10.4. The van der Waals surface area contributed by atoms with Crippen molar-refractivity contribution in [3.05, 3.63) is 73.4 Å². The van der Waals surface area contributed by atoms with Crippen LogP contribution in [0.1, 0.15) is 11.1 Å². The summed E-state index contributed by atoms with van der Waals surface area (Å²) >= 11 is 6.47. The number of hydrogen-bond acceptors (Lipinski definition) is 7. The zero-order valence-electron chi connectivity index (χ0n) is 20.8. The van der Waals surface area contributed by atoms with Crippen LogP contribution >= 0.6 is 11.6 Å². The van der Waals surface area contributed by atoms with Gasteiger partial charge in [-0.2, -0.15) is 4.98 Å². The van der Waals surface area contributed by atoms with Gasteiger partial charge < -0.3 is 19.5 Å². The number of aromatic nitrogens is 4. The van der Waals surface area contributed by atoms with E-state index in [4.69, 9.17) is 25.8 Å². The summed E-state index contributed by atoms with van der Waals surface area (Å²) in [5.74, 6) is 2.39. The van der Waals surface area contributed by atoms with Gasteiger partial charge in [0, 0.05) is 25.7 Å². The number of halogens is 1. The molecule has 0 radical (unpaired) electrons. The largest absolute Gasteiger partial charge is 0.497 e. The normalized spacial score (nSPS) is 11.1. The molecule has 2 aromatic carbocycles. The third-order valence-corrected chi connectivity index (χ3v) is 6.44. The lowest BCUT2D eigenvalue weighted by atomic mass is 10.1. The van der Waals surface area contributed by atoms with Gasteiger partial charge in [0.15, 0.2) is 22.7 Å². The fourth-order valence-electron chi connectivity index (χ4n) is 4.06. The summed E-state index contributed by atoms with van der Waals surface area (Å²) in [5, 5.41) is 3.84. The van der Waals surface area contributed by atoms with E-state index in [-0.39, 0.29) is 12.2 Å². The van der Waals surface area contributed by atoms with Crippen molar-refractivity contribution in [3.63, 3.8) is 0 Å². The Labute approximate surface area is 212 Å². The first-order chi connectivity index (χ1) is 17.3. The molecule has 36 heavy (non-hydrogen) atoms. The van der Waals surface area contributed by atoms with Crippen LogP contribution < -0.4 is 30.8 Å². The monoisotopic (exact) mass is 513 g/mol. The molecule has 4 rings (SSSR count). The van der Waals surface area contributed by atoms with Crippen molar-refractivity contribution < 1.29 is 14.2 Å². The molecule has 0 aliphatic heterocycles. The highest BCUT2D eigenvalue weighted by atomic mass is 35.5. The number of nitrogens with zero attached hydrogens (tertiary/aromatic N) is 4. The molecule has 11 heteroatoms. The number of rotatable bonds is 9. The molecule has 0 amide bonds. The highest BCUT2D eigenvalue weighted by Gasteiger charge is 2.20. The van der Waals surface area contributed by atoms with Crippen molar-refractivity contribution >= 4 is 28.7 Å². The van der Waals surface area contributed by atoms with Gasteiger partial charge in [0.05, 0.1) is 27.9 Å². The van der Waals surface area contributed by atoms with Crippen molar-refractivity contribution in [3.8, 4) is 17.2 Å². The van der Waals surface area contributed by atoms with Crippen molar-refractivity contribution in [2.45, 2.75) is 13.0 Å². The highest BCUT2D eigenvalue weighted by molar-refractivity contribution is 6.31. The quantitative estimate of drug-likeness (QED) is 0.367. The van der Waals surface area contributed by atoms with Crippen LogP contribution in [0.5, 0.6) is 17.2 Å². The van der Waals surface area contributed by atoms with Crippen LogP contribution in [0, 0.1) is 0 Å². The number of methoxy groups -OCH3 is 3. The smallest absolute Gasteiger partial charge is 0.332 e. The molecule has 0 spiro atoms. The molecule has 0 fully saturated rings. The average molecular weight is 514 g/mol. The topological polar surface area (TPSA) is 102 Å². The molecule has 2 heterocycles. The van der Waals surface area contributed by atoms with E-state index in [2.05, 4.69) is 10.3 Å². The van der Waals surface area contributed by atoms with E-state index in [9.17, 15) is 9.59 Å². The van der Waals surface area contributed by atoms with Crippen LogP contribution in [-0.4, -0.2) is 46.6 Å². The Hall–Kier alpha value is -3.92. The van der Waals surface area contributed by atoms with Crippen LogP contribution in [0.2, 0.25) is 5.02 Å². The summed E-state index contributed by atoms with van der Waals surface area (Å²) in [6.07, 6.45) is 0.653. The molecule has 0 saturated heterocycles. The Morgan fingerprint density at radius 3 is 2.39 bits per heavy atom. The first-order valence-electron chi connectivity index (χ1n) is 11.2. The predicted molar refractivity (Wildman–Crippen MR) is 139 cm³/mol. The van der Waals surface area contributed by atoms with Gasteiger partial charge in [-0.15, -0.1) is 0 Å². The summed E-state index contributed by atoms with van der Waals surface area (Å²) in [5.41, 5.74) is 1.47. The third-order valence-electron chi connectivity index (χ3n) is 6.07. The molecule has 0 atom stereocenters. The molecule has 10 nitrogen and oxygen atoms in total. The number of nitrogens with one attached hydrogen (secondary N) is 1. The van der Waals surface area contributed by atoms with Gasteiger partial charge in [-0.25, -0.2) is 4.79 Å². The summed E-state index contributed by atoms with van der Waals surface area (Å²) in [4.78, 5) is 30.3. The van der Waals surface area contributed by atoms with E-state index in [1.807, 2.05) is 24.3 Å². The summed E-state index contributed by atoms with van der Waals surface area (Å²) < 4.78 is 20.2. The van der Waals surface area contributed by atoms with E-state index in [1.165, 1.54) is 11.6 Å². The van der Waals surface area contributed by atoms with Crippen molar-refractivity contribution in [2.75, 3.05) is 33.2 Å². The van der Waals surface area contributed by atoms with Crippen molar-refractivity contribution in [1.29, 1.82) is 0 Å². The Kier molecular flexibility index (Phi) is 7.25. The molecule has 2 aromatic heterocycles. The standard InChI is InChI=1S/C25H28ClN5O5/c1-29-22-21(23(32)30(2)25(29)33)31(14-16-13-17(34-3)7-8-18(16)26)24(28-22)27-11-10-15-6-9-19(35-4)20(12-15)36-5/h6-9,12-13H,10-11,14H2,1-5H3,(H,27,28). The zero-order chi connectivity index (χ0) is 26.0. The summed E-state index contributed by atoms with van der Waals surface area (Å²) in [7, 11) is 7.80. The maximum absolute atomic E-state index is 13.1. The molecule has 0 aliphatic carbocycles. The molecule has 1 N–H and O–H groups in total. The lowest BCUT2D eigenvalue weighted by molar-refractivity contribution is 0.354. The Morgan fingerprint density at radius 1 is 0.944 bits per heavy atom. The van der Waals surface area contributed by atoms with Gasteiger partial charge in [0.1, 0.15) is 5.75 Å². The van der Waals surface area contributed by atoms with Gasteiger partial charge in [-0.3, -0.25) is 18.5 Å². The highest BCUT2D eigenvalue weighted by Crippen LogP contribution is 2.28. The molecule has 4 aromatic rings. The van der Waals surface area contributed by atoms with Crippen LogP contribution in [0.15, 0.2) is 46.0 Å². The number of anilines is 1. The minimum Gasteiger partial charge on any atom is -0.497 e. The van der Waals surface area contributed by atoms with E-state index >= 15 is 0 Å². The predicted octanol–water partition coefficient (Wildman–Crippen LogP) is 2.82. The summed E-state index contributed by atoms with van der Waals surface area (Å²) in [6, 6.07) is 11.1. The number of ether oxygens (including phenoxy) is 3. The average Bonchev–Trinajstić information content (AvgIpc) is 3.25. The van der Waals surface area contributed by atoms with E-state index < -0.39 is 11.2 Å². The van der Waals surface area contributed by atoms with E-state index in [1.54, 1.807) is 45.1 Å². The molecule has 190 valence electrons.